The molecule has 1 aliphatic rings. The van der Waals surface area contributed by atoms with Gasteiger partial charge in [0, 0.05) is 61.9 Å². The van der Waals surface area contributed by atoms with E-state index in [4.69, 9.17) is 9.84 Å². The summed E-state index contributed by atoms with van der Waals surface area (Å²) >= 11 is 0. The Labute approximate surface area is 235 Å². The molecule has 0 unspecified atom stereocenters. The minimum atomic E-state index is -0.254. The van der Waals surface area contributed by atoms with Gasteiger partial charge in [0.1, 0.15) is 17.3 Å². The lowest BCUT2D eigenvalue weighted by atomic mass is 10.1. The molecule has 5 rings (SSSR count). The predicted octanol–water partition coefficient (Wildman–Crippen LogP) is 5.32. The van der Waals surface area contributed by atoms with Crippen LogP contribution in [0.1, 0.15) is 22.5 Å². The van der Waals surface area contributed by atoms with Crippen molar-refractivity contribution in [1.82, 2.24) is 24.6 Å². The van der Waals surface area contributed by atoms with Crippen LogP contribution in [0.3, 0.4) is 0 Å². The van der Waals surface area contributed by atoms with Crippen LogP contribution in [0.2, 0.25) is 0 Å². The van der Waals surface area contributed by atoms with Crippen molar-refractivity contribution in [3.63, 3.8) is 0 Å². The van der Waals surface area contributed by atoms with Crippen LogP contribution < -0.4 is 9.64 Å². The van der Waals surface area contributed by atoms with E-state index >= 15 is 0 Å². The van der Waals surface area contributed by atoms with Crippen molar-refractivity contribution < 1.29 is 9.13 Å². The van der Waals surface area contributed by atoms with E-state index in [-0.39, 0.29) is 30.6 Å². The van der Waals surface area contributed by atoms with Gasteiger partial charge in [0.2, 0.25) is 0 Å². The molecule has 2 aromatic heterocycles. The molecule has 7 nitrogen and oxygen atoms in total. The normalized spacial score (nSPS) is 13.5. The Hall–Kier alpha value is -3.20. The van der Waals surface area contributed by atoms with Crippen molar-refractivity contribution in [2.75, 3.05) is 38.2 Å². The van der Waals surface area contributed by atoms with Crippen LogP contribution in [0.5, 0.6) is 5.75 Å². The molecule has 1 fully saturated rings. The predicted molar refractivity (Wildman–Crippen MR) is 153 cm³/mol. The zero-order valence-electron chi connectivity index (χ0n) is 21.8. The minimum Gasteiger partial charge on any atom is -0.497 e. The van der Waals surface area contributed by atoms with E-state index in [9.17, 15) is 4.39 Å². The average molecular weight is 560 g/mol. The summed E-state index contributed by atoms with van der Waals surface area (Å²) in [7, 11) is 1.68. The Balaban J connectivity index is 0.00000200. The van der Waals surface area contributed by atoms with Crippen molar-refractivity contribution >= 4 is 30.6 Å². The van der Waals surface area contributed by atoms with Crippen molar-refractivity contribution in [3.8, 4) is 17.0 Å². The van der Waals surface area contributed by atoms with Gasteiger partial charge in [-0.1, -0.05) is 12.1 Å². The van der Waals surface area contributed by atoms with Gasteiger partial charge in [0.05, 0.1) is 19.3 Å². The Kier molecular flexibility index (Phi) is 10.1. The molecule has 3 heterocycles. The second-order valence-corrected chi connectivity index (χ2v) is 9.15. The van der Waals surface area contributed by atoms with Crippen LogP contribution in [-0.2, 0) is 13.1 Å². The molecular weight excluding hydrogens is 526 g/mol. The summed E-state index contributed by atoms with van der Waals surface area (Å²) in [5.41, 5.74) is 6.44. The van der Waals surface area contributed by atoms with E-state index in [2.05, 4.69) is 50.4 Å². The Morgan fingerprint density at radius 2 is 1.50 bits per heavy atom. The van der Waals surface area contributed by atoms with Crippen LogP contribution in [-0.4, -0.2) is 57.9 Å². The lowest BCUT2D eigenvalue weighted by Crippen LogP contribution is -2.46. The first-order valence-electron chi connectivity index (χ1n) is 12.2. The fourth-order valence-corrected chi connectivity index (χ4v) is 4.74. The average Bonchev–Trinajstić information content (AvgIpc) is 3.17. The molecule has 1 saturated heterocycles. The Bertz CT molecular complexity index is 1320. The van der Waals surface area contributed by atoms with Gasteiger partial charge in [-0.2, -0.15) is 5.10 Å². The highest BCUT2D eigenvalue weighted by Crippen LogP contribution is 2.28. The molecule has 202 valence electrons. The third-order valence-electron chi connectivity index (χ3n) is 6.87. The maximum Gasteiger partial charge on any atom is 0.155 e. The molecule has 0 radical (unpaired) electrons. The molecule has 38 heavy (non-hydrogen) atoms. The summed E-state index contributed by atoms with van der Waals surface area (Å²) < 4.78 is 20.8. The molecule has 0 spiro atoms. The molecular formula is C28H33Cl2FN6O. The highest BCUT2D eigenvalue weighted by molar-refractivity contribution is 5.85. The number of nitrogens with zero attached hydrogens (tertiary/aromatic N) is 6. The zero-order chi connectivity index (χ0) is 25.1. The second kappa shape index (κ2) is 13.0. The minimum absolute atomic E-state index is 0. The van der Waals surface area contributed by atoms with E-state index in [0.717, 1.165) is 67.8 Å². The number of hydrogen-bond donors (Lipinski definition) is 0. The number of methoxy groups -OCH3 is 1. The topological polar surface area (TPSA) is 59.3 Å². The lowest BCUT2D eigenvalue weighted by molar-refractivity contribution is 0.248. The first-order valence-corrected chi connectivity index (χ1v) is 12.2. The van der Waals surface area contributed by atoms with Gasteiger partial charge < -0.3 is 9.64 Å². The van der Waals surface area contributed by atoms with Crippen LogP contribution in [0.25, 0.3) is 11.3 Å². The van der Waals surface area contributed by atoms with Crippen molar-refractivity contribution in [2.45, 2.75) is 26.9 Å². The monoisotopic (exact) mass is 558 g/mol. The van der Waals surface area contributed by atoms with E-state index in [0.29, 0.717) is 0 Å². The summed E-state index contributed by atoms with van der Waals surface area (Å²) in [6.07, 6.45) is 3.41. The number of hydrogen-bond acceptors (Lipinski definition) is 6. The van der Waals surface area contributed by atoms with Gasteiger partial charge in [-0.05, 0) is 55.8 Å². The van der Waals surface area contributed by atoms with Crippen LogP contribution in [0.15, 0.2) is 60.9 Å². The van der Waals surface area contributed by atoms with Crippen LogP contribution >= 0.6 is 24.8 Å². The maximum absolute atomic E-state index is 13.4. The third-order valence-corrected chi connectivity index (χ3v) is 6.87. The van der Waals surface area contributed by atoms with Crippen LogP contribution in [0.4, 0.5) is 10.2 Å². The van der Waals surface area contributed by atoms with E-state index in [1.54, 1.807) is 31.6 Å². The summed E-state index contributed by atoms with van der Waals surface area (Å²) in [5.74, 6) is 1.46. The SMILES string of the molecule is COc1ccc(Cn2nc(C)c(CN3CCN(c4nccnc4-c4ccc(F)cc4)CC3)c2C)cc1.Cl.Cl. The molecule has 10 heteroatoms. The quantitative estimate of drug-likeness (QED) is 0.306. The van der Waals surface area contributed by atoms with Crippen LogP contribution in [0, 0.1) is 19.7 Å². The summed E-state index contributed by atoms with van der Waals surface area (Å²) in [5, 5.41) is 4.83. The molecule has 0 aliphatic carbocycles. The fraction of sp³-hybridized carbons (Fsp3) is 0.321. The number of benzene rings is 2. The molecule has 0 saturated carbocycles. The third kappa shape index (κ3) is 6.43. The van der Waals surface area contributed by atoms with Crippen molar-refractivity contribution in [1.29, 1.82) is 0 Å². The number of rotatable bonds is 7. The lowest BCUT2D eigenvalue weighted by Gasteiger charge is -2.36. The number of piperazine rings is 1. The van der Waals surface area contributed by atoms with E-state index in [1.165, 1.54) is 29.0 Å². The molecule has 0 amide bonds. The summed E-state index contributed by atoms with van der Waals surface area (Å²) in [6.45, 7) is 9.41. The van der Waals surface area contributed by atoms with Gasteiger partial charge in [0.15, 0.2) is 5.82 Å². The largest absolute Gasteiger partial charge is 0.497 e. The molecule has 0 N–H and O–H groups in total. The molecule has 4 aromatic rings. The summed E-state index contributed by atoms with van der Waals surface area (Å²) in [4.78, 5) is 13.9. The molecule has 0 bridgehead atoms. The highest BCUT2D eigenvalue weighted by Gasteiger charge is 2.23. The number of halogens is 3. The van der Waals surface area contributed by atoms with E-state index in [1.807, 2.05) is 12.1 Å². The Morgan fingerprint density at radius 1 is 0.842 bits per heavy atom. The molecule has 2 aromatic carbocycles. The number of aryl methyl sites for hydroxylation is 1. The highest BCUT2D eigenvalue weighted by atomic mass is 35.5. The number of ether oxygens (including phenoxy) is 1. The fourth-order valence-electron chi connectivity index (χ4n) is 4.74. The van der Waals surface area contributed by atoms with Crippen molar-refractivity contribution in [3.05, 3.63) is 89.3 Å². The summed E-state index contributed by atoms with van der Waals surface area (Å²) in [6, 6.07) is 14.6. The van der Waals surface area contributed by atoms with Crippen molar-refractivity contribution in [2.24, 2.45) is 0 Å². The van der Waals surface area contributed by atoms with Gasteiger partial charge in [-0.15, -0.1) is 24.8 Å². The van der Waals surface area contributed by atoms with Gasteiger partial charge >= 0.3 is 0 Å². The number of aromatic nitrogens is 4. The van der Waals surface area contributed by atoms with E-state index < -0.39 is 0 Å². The zero-order valence-corrected chi connectivity index (χ0v) is 23.4. The van der Waals surface area contributed by atoms with Gasteiger partial charge in [-0.25, -0.2) is 9.37 Å². The smallest absolute Gasteiger partial charge is 0.155 e. The molecule has 1 aliphatic heterocycles. The Morgan fingerprint density at radius 3 is 2.16 bits per heavy atom. The molecule has 0 atom stereocenters. The second-order valence-electron chi connectivity index (χ2n) is 9.15. The standard InChI is InChI=1S/C28H31FN6O.2ClH/c1-20-26(21(2)35(32-20)18-22-4-10-25(36-3)11-5-22)19-33-14-16-34(17-15-33)28-27(30-12-13-31-28)23-6-8-24(29)9-7-23;;/h4-13H,14-19H2,1-3H3;2*1H. The number of anilines is 1. The van der Waals surface area contributed by atoms with Gasteiger partial charge in [-0.3, -0.25) is 14.6 Å². The van der Waals surface area contributed by atoms with Gasteiger partial charge in [0.25, 0.3) is 0 Å². The first-order chi connectivity index (χ1) is 17.5. The first kappa shape index (κ1) is 29.4. The maximum atomic E-state index is 13.4.